The molecule has 7 heteroatoms. The van der Waals surface area contributed by atoms with Crippen molar-refractivity contribution in [3.8, 4) is 0 Å². The number of hydrogen-bond acceptors (Lipinski definition) is 5. The van der Waals surface area contributed by atoms with Crippen molar-refractivity contribution >= 4 is 23.1 Å². The van der Waals surface area contributed by atoms with Crippen molar-refractivity contribution in [2.24, 2.45) is 0 Å². The zero-order valence-electron chi connectivity index (χ0n) is 18.9. The Kier molecular flexibility index (Phi) is 5.84. The van der Waals surface area contributed by atoms with E-state index in [4.69, 9.17) is 0 Å². The summed E-state index contributed by atoms with van der Waals surface area (Å²) in [5, 5.41) is 0. The number of pyridine rings is 1. The van der Waals surface area contributed by atoms with Gasteiger partial charge in [-0.2, -0.15) is 0 Å². The smallest absolute Gasteiger partial charge is 0.278 e. The lowest BCUT2D eigenvalue weighted by molar-refractivity contribution is -0.138. The van der Waals surface area contributed by atoms with Gasteiger partial charge in [0.1, 0.15) is 11.5 Å². The highest BCUT2D eigenvalue weighted by atomic mass is 19.1. The maximum atomic E-state index is 13.6. The first-order valence-corrected chi connectivity index (χ1v) is 11.3. The van der Waals surface area contributed by atoms with E-state index in [9.17, 15) is 14.0 Å². The van der Waals surface area contributed by atoms with Crippen molar-refractivity contribution in [1.29, 1.82) is 0 Å². The zero-order chi connectivity index (χ0) is 23.7. The third-order valence-electron chi connectivity index (χ3n) is 6.33. The molecule has 0 N–H and O–H groups in total. The van der Waals surface area contributed by atoms with Gasteiger partial charge < -0.3 is 9.80 Å². The topological polar surface area (TPSA) is 56.8 Å². The van der Waals surface area contributed by atoms with Crippen LogP contribution in [0.3, 0.4) is 0 Å². The van der Waals surface area contributed by atoms with E-state index in [0.717, 1.165) is 24.3 Å². The Bertz CT molecular complexity index is 1250. The Labute approximate surface area is 197 Å². The molecule has 5 rings (SSSR count). The average molecular weight is 457 g/mol. The molecule has 0 aliphatic carbocycles. The van der Waals surface area contributed by atoms with E-state index in [2.05, 4.69) is 35.0 Å². The molecule has 0 bridgehead atoms. The molecule has 34 heavy (non-hydrogen) atoms. The fraction of sp³-hybridized carbons (Fsp3) is 0.222. The summed E-state index contributed by atoms with van der Waals surface area (Å²) < 4.78 is 13.6. The van der Waals surface area contributed by atoms with Crippen molar-refractivity contribution in [2.75, 3.05) is 31.1 Å². The highest BCUT2D eigenvalue weighted by Gasteiger charge is 2.42. The van der Waals surface area contributed by atoms with Crippen LogP contribution in [0.1, 0.15) is 16.7 Å². The van der Waals surface area contributed by atoms with E-state index in [1.54, 1.807) is 36.7 Å². The number of nitrogens with zero attached hydrogens (tertiary/aromatic N) is 4. The van der Waals surface area contributed by atoms with Crippen LogP contribution in [0.5, 0.6) is 0 Å². The number of aryl methyl sites for hydroxylation is 1. The van der Waals surface area contributed by atoms with Gasteiger partial charge >= 0.3 is 0 Å². The van der Waals surface area contributed by atoms with Gasteiger partial charge in [-0.15, -0.1) is 0 Å². The predicted octanol–water partition coefficient (Wildman–Crippen LogP) is 3.63. The number of imide groups is 1. The van der Waals surface area contributed by atoms with Gasteiger partial charge in [0.25, 0.3) is 11.8 Å². The summed E-state index contributed by atoms with van der Waals surface area (Å²) >= 11 is 0. The highest BCUT2D eigenvalue weighted by molar-refractivity contribution is 6.35. The Morgan fingerprint density at radius 3 is 2.21 bits per heavy atom. The van der Waals surface area contributed by atoms with E-state index >= 15 is 0 Å². The first-order valence-electron chi connectivity index (χ1n) is 11.3. The molecule has 3 aromatic rings. The predicted molar refractivity (Wildman–Crippen MR) is 128 cm³/mol. The Morgan fingerprint density at radius 1 is 0.853 bits per heavy atom. The molecular formula is C27H25FN4O2. The zero-order valence-corrected chi connectivity index (χ0v) is 18.9. The average Bonchev–Trinajstić information content (AvgIpc) is 3.10. The number of amides is 2. The summed E-state index contributed by atoms with van der Waals surface area (Å²) in [5.74, 6) is -1.06. The minimum absolute atomic E-state index is 0.164. The summed E-state index contributed by atoms with van der Waals surface area (Å²) in [6.07, 6.45) is 3.28. The van der Waals surface area contributed by atoms with Gasteiger partial charge in [0.15, 0.2) is 0 Å². The summed E-state index contributed by atoms with van der Waals surface area (Å²) in [6.45, 7) is 4.91. The molecule has 0 spiro atoms. The number of piperazine rings is 1. The first-order chi connectivity index (χ1) is 16.5. The van der Waals surface area contributed by atoms with Gasteiger partial charge in [0.05, 0.1) is 12.1 Å². The Balaban J connectivity index is 1.45. The second-order valence-electron chi connectivity index (χ2n) is 8.60. The molecule has 1 aromatic heterocycles. The van der Waals surface area contributed by atoms with E-state index in [1.165, 1.54) is 22.6 Å². The lowest BCUT2D eigenvalue weighted by Gasteiger charge is -2.37. The summed E-state index contributed by atoms with van der Waals surface area (Å²) in [5.41, 5.74) is 4.46. The number of anilines is 1. The maximum Gasteiger partial charge on any atom is 0.278 e. The molecule has 3 heterocycles. The quantitative estimate of drug-likeness (QED) is 0.549. The van der Waals surface area contributed by atoms with Gasteiger partial charge in [0, 0.05) is 44.3 Å². The Morgan fingerprint density at radius 2 is 1.53 bits per heavy atom. The molecule has 0 radical (unpaired) electrons. The summed E-state index contributed by atoms with van der Waals surface area (Å²) in [7, 11) is 0. The van der Waals surface area contributed by atoms with Crippen LogP contribution in [-0.2, 0) is 16.1 Å². The molecule has 0 unspecified atom stereocenters. The SMILES string of the molecule is Cc1cccc(N2CCN(C3=C(c4ccc(F)cc4)C(=O)N(Cc4ccncc4)C3=O)CC2)c1. The summed E-state index contributed by atoms with van der Waals surface area (Å²) in [6, 6.07) is 17.7. The van der Waals surface area contributed by atoms with Crippen molar-refractivity contribution in [3.05, 3.63) is 101 Å². The second kappa shape index (κ2) is 9.09. The van der Waals surface area contributed by atoms with Crippen molar-refractivity contribution in [1.82, 2.24) is 14.8 Å². The number of halogens is 1. The monoisotopic (exact) mass is 456 g/mol. The van der Waals surface area contributed by atoms with Crippen molar-refractivity contribution in [2.45, 2.75) is 13.5 Å². The molecule has 1 saturated heterocycles. The normalized spacial score (nSPS) is 16.6. The van der Waals surface area contributed by atoms with Crippen LogP contribution in [0.4, 0.5) is 10.1 Å². The number of rotatable bonds is 5. The van der Waals surface area contributed by atoms with Crippen LogP contribution in [-0.4, -0.2) is 52.8 Å². The van der Waals surface area contributed by atoms with Gasteiger partial charge in [-0.05, 0) is 60.0 Å². The fourth-order valence-corrected chi connectivity index (χ4v) is 4.56. The van der Waals surface area contributed by atoms with Crippen LogP contribution >= 0.6 is 0 Å². The van der Waals surface area contributed by atoms with Crippen LogP contribution in [0.25, 0.3) is 5.57 Å². The van der Waals surface area contributed by atoms with Gasteiger partial charge in [-0.3, -0.25) is 19.5 Å². The fourth-order valence-electron chi connectivity index (χ4n) is 4.56. The lowest BCUT2D eigenvalue weighted by Crippen LogP contribution is -2.47. The lowest BCUT2D eigenvalue weighted by atomic mass is 10.0. The second-order valence-corrected chi connectivity index (χ2v) is 8.60. The third kappa shape index (κ3) is 4.17. The molecule has 172 valence electrons. The van der Waals surface area contributed by atoms with Crippen LogP contribution in [0.15, 0.2) is 78.8 Å². The van der Waals surface area contributed by atoms with Crippen LogP contribution < -0.4 is 4.90 Å². The molecule has 0 atom stereocenters. The maximum absolute atomic E-state index is 13.6. The molecule has 2 aliphatic rings. The molecule has 2 aliphatic heterocycles. The summed E-state index contributed by atoms with van der Waals surface area (Å²) in [4.78, 5) is 36.6. The molecule has 1 fully saturated rings. The minimum Gasteiger partial charge on any atom is -0.368 e. The van der Waals surface area contributed by atoms with Crippen molar-refractivity contribution in [3.63, 3.8) is 0 Å². The van der Waals surface area contributed by atoms with E-state index in [1.807, 2.05) is 11.0 Å². The molecular weight excluding hydrogens is 431 g/mol. The van der Waals surface area contributed by atoms with E-state index in [0.29, 0.717) is 29.9 Å². The van der Waals surface area contributed by atoms with E-state index in [-0.39, 0.29) is 24.2 Å². The standard InChI is InChI=1S/C27H25FN4O2/c1-19-3-2-4-23(17-19)30-13-15-31(16-14-30)25-24(21-5-7-22(28)8-6-21)26(33)32(27(25)34)18-20-9-11-29-12-10-20/h2-12,17H,13-16,18H2,1H3. The number of benzene rings is 2. The largest absolute Gasteiger partial charge is 0.368 e. The van der Waals surface area contributed by atoms with E-state index < -0.39 is 0 Å². The minimum atomic E-state index is -0.386. The van der Waals surface area contributed by atoms with Gasteiger partial charge in [-0.25, -0.2) is 4.39 Å². The molecule has 2 aromatic carbocycles. The first kappa shape index (κ1) is 21.8. The highest BCUT2D eigenvalue weighted by Crippen LogP contribution is 2.33. The van der Waals surface area contributed by atoms with Crippen molar-refractivity contribution < 1.29 is 14.0 Å². The van der Waals surface area contributed by atoms with Gasteiger partial charge in [-0.1, -0.05) is 24.3 Å². The number of carbonyl (C=O) groups is 2. The third-order valence-corrected chi connectivity index (χ3v) is 6.33. The molecule has 6 nitrogen and oxygen atoms in total. The Hall–Kier alpha value is -4.00. The molecule has 2 amide bonds. The van der Waals surface area contributed by atoms with Gasteiger partial charge in [0.2, 0.25) is 0 Å². The number of aromatic nitrogens is 1. The molecule has 0 saturated carbocycles. The van der Waals surface area contributed by atoms with Crippen LogP contribution in [0.2, 0.25) is 0 Å². The number of hydrogen-bond donors (Lipinski definition) is 0. The number of carbonyl (C=O) groups excluding carboxylic acids is 2. The van der Waals surface area contributed by atoms with Crippen LogP contribution in [0, 0.1) is 12.7 Å².